The van der Waals surface area contributed by atoms with E-state index in [0.29, 0.717) is 11.3 Å². The van der Waals surface area contributed by atoms with Gasteiger partial charge in [-0.1, -0.05) is 6.07 Å². The van der Waals surface area contributed by atoms with Crippen molar-refractivity contribution in [2.75, 3.05) is 5.32 Å². The Balaban J connectivity index is 1.38. The summed E-state index contributed by atoms with van der Waals surface area (Å²) in [5.41, 5.74) is 3.18. The van der Waals surface area contributed by atoms with Crippen LogP contribution < -0.4 is 5.32 Å². The van der Waals surface area contributed by atoms with Crippen molar-refractivity contribution in [3.05, 3.63) is 90.4 Å². The summed E-state index contributed by atoms with van der Waals surface area (Å²) < 4.78 is 2.01. The highest BCUT2D eigenvalue weighted by Crippen LogP contribution is 2.23. The smallest absolute Gasteiger partial charge is 0.255 e. The Labute approximate surface area is 160 Å². The lowest BCUT2D eigenvalue weighted by Gasteiger charge is -2.06. The van der Waals surface area contributed by atoms with Crippen LogP contribution in [-0.2, 0) is 5.75 Å². The lowest BCUT2D eigenvalue weighted by atomic mass is 10.2. The van der Waals surface area contributed by atoms with E-state index in [0.717, 1.165) is 22.0 Å². The molecule has 0 radical (unpaired) electrons. The third kappa shape index (κ3) is 4.12. The highest BCUT2D eigenvalue weighted by molar-refractivity contribution is 7.98. The van der Waals surface area contributed by atoms with Crippen molar-refractivity contribution >= 4 is 29.0 Å². The van der Waals surface area contributed by atoms with Crippen LogP contribution in [0.1, 0.15) is 16.1 Å². The lowest BCUT2D eigenvalue weighted by Crippen LogP contribution is -2.11. The summed E-state index contributed by atoms with van der Waals surface area (Å²) in [7, 11) is 0. The first-order valence-corrected chi connectivity index (χ1v) is 9.42. The Morgan fingerprint density at radius 1 is 1.04 bits per heavy atom. The van der Waals surface area contributed by atoms with E-state index in [9.17, 15) is 9.90 Å². The van der Waals surface area contributed by atoms with E-state index in [-0.39, 0.29) is 11.7 Å². The van der Waals surface area contributed by atoms with Gasteiger partial charge in [0.15, 0.2) is 0 Å². The van der Waals surface area contributed by atoms with E-state index in [2.05, 4.69) is 10.3 Å². The number of rotatable bonds is 5. The second kappa shape index (κ2) is 7.55. The molecule has 6 heteroatoms. The number of nitrogens with zero attached hydrogens (tertiary/aromatic N) is 2. The zero-order chi connectivity index (χ0) is 18.6. The van der Waals surface area contributed by atoms with Crippen molar-refractivity contribution in [3.63, 3.8) is 0 Å². The highest BCUT2D eigenvalue weighted by atomic mass is 32.2. The molecule has 4 aromatic rings. The molecular formula is C21H17N3O2S. The number of imidazole rings is 1. The van der Waals surface area contributed by atoms with Crippen LogP contribution in [0, 0.1) is 0 Å². The molecule has 0 bridgehead atoms. The fourth-order valence-electron chi connectivity index (χ4n) is 2.66. The number of aromatic hydroxyl groups is 1. The molecule has 0 aliphatic heterocycles. The van der Waals surface area contributed by atoms with Crippen LogP contribution in [0.5, 0.6) is 5.75 Å². The van der Waals surface area contributed by atoms with E-state index < -0.39 is 0 Å². The number of phenols is 1. The van der Waals surface area contributed by atoms with Gasteiger partial charge < -0.3 is 14.8 Å². The number of fused-ring (bicyclic) bond motifs is 1. The van der Waals surface area contributed by atoms with Crippen molar-refractivity contribution in [2.45, 2.75) is 10.6 Å². The number of carbonyl (C=O) groups is 1. The average Bonchev–Trinajstić information content (AvgIpc) is 3.11. The molecule has 5 nitrogen and oxygen atoms in total. The molecule has 2 aromatic heterocycles. The number of hydrogen-bond acceptors (Lipinski definition) is 4. The number of thioether (sulfide) groups is 1. The molecule has 134 valence electrons. The summed E-state index contributed by atoms with van der Waals surface area (Å²) in [6, 6.07) is 19.8. The van der Waals surface area contributed by atoms with Gasteiger partial charge in [0.25, 0.3) is 5.91 Å². The molecule has 0 atom stereocenters. The first-order chi connectivity index (χ1) is 13.2. The van der Waals surface area contributed by atoms with Crippen LogP contribution in [0.4, 0.5) is 5.69 Å². The van der Waals surface area contributed by atoms with Gasteiger partial charge in [0.05, 0.1) is 5.69 Å². The number of pyridine rings is 1. The van der Waals surface area contributed by atoms with Gasteiger partial charge in [0.1, 0.15) is 11.4 Å². The van der Waals surface area contributed by atoms with Gasteiger partial charge in [0.2, 0.25) is 0 Å². The molecule has 2 heterocycles. The summed E-state index contributed by atoms with van der Waals surface area (Å²) in [6.07, 6.45) is 4.01. The molecule has 2 aromatic carbocycles. The maximum absolute atomic E-state index is 12.3. The van der Waals surface area contributed by atoms with Crippen LogP contribution in [0.3, 0.4) is 0 Å². The molecule has 4 rings (SSSR count). The van der Waals surface area contributed by atoms with Crippen molar-refractivity contribution in [2.24, 2.45) is 0 Å². The summed E-state index contributed by atoms with van der Waals surface area (Å²) in [5, 5.41) is 12.1. The second-order valence-corrected chi connectivity index (χ2v) is 7.06. The van der Waals surface area contributed by atoms with Crippen LogP contribution in [-0.4, -0.2) is 20.4 Å². The quantitative estimate of drug-likeness (QED) is 0.396. The van der Waals surface area contributed by atoms with Crippen molar-refractivity contribution in [1.82, 2.24) is 9.38 Å². The predicted molar refractivity (Wildman–Crippen MR) is 107 cm³/mol. The maximum Gasteiger partial charge on any atom is 0.255 e. The Morgan fingerprint density at radius 3 is 2.56 bits per heavy atom. The number of benzene rings is 2. The molecule has 0 unspecified atom stereocenters. The molecule has 0 saturated carbocycles. The van der Waals surface area contributed by atoms with Gasteiger partial charge in [-0.05, 0) is 60.7 Å². The number of carbonyl (C=O) groups excluding carboxylic acids is 1. The minimum Gasteiger partial charge on any atom is -0.508 e. The first kappa shape index (κ1) is 17.2. The number of phenolic OH excluding ortho intramolecular Hbond substituents is 1. The van der Waals surface area contributed by atoms with Gasteiger partial charge in [0, 0.05) is 34.3 Å². The third-order valence-electron chi connectivity index (χ3n) is 4.04. The Kier molecular flexibility index (Phi) is 4.80. The minimum atomic E-state index is -0.183. The van der Waals surface area contributed by atoms with Gasteiger partial charge in [-0.2, -0.15) is 0 Å². The molecule has 0 aliphatic rings. The van der Waals surface area contributed by atoms with E-state index in [1.807, 2.05) is 59.3 Å². The Bertz CT molecular complexity index is 1040. The summed E-state index contributed by atoms with van der Waals surface area (Å²) in [4.78, 5) is 18.0. The molecule has 27 heavy (non-hydrogen) atoms. The Hall–Kier alpha value is -3.25. The number of nitrogens with one attached hydrogen (secondary N) is 1. The SMILES string of the molecule is O=C(Nc1ccc(O)cc1)c1ccc(SCc2cn3ccccc3n2)cc1. The second-order valence-electron chi connectivity index (χ2n) is 6.01. The molecular weight excluding hydrogens is 358 g/mol. The predicted octanol–water partition coefficient (Wildman–Crippen LogP) is 4.58. The summed E-state index contributed by atoms with van der Waals surface area (Å²) in [5.74, 6) is 0.748. The molecule has 0 fully saturated rings. The summed E-state index contributed by atoms with van der Waals surface area (Å²) >= 11 is 1.68. The van der Waals surface area contributed by atoms with E-state index >= 15 is 0 Å². The number of aromatic nitrogens is 2. The summed E-state index contributed by atoms with van der Waals surface area (Å²) in [6.45, 7) is 0. The zero-order valence-corrected chi connectivity index (χ0v) is 15.2. The van der Waals surface area contributed by atoms with Crippen LogP contribution in [0.15, 0.2) is 84.0 Å². The number of anilines is 1. The van der Waals surface area contributed by atoms with Crippen LogP contribution in [0.25, 0.3) is 5.65 Å². The van der Waals surface area contributed by atoms with E-state index in [4.69, 9.17) is 0 Å². The fraction of sp³-hybridized carbons (Fsp3) is 0.0476. The molecule has 1 amide bonds. The Morgan fingerprint density at radius 2 is 1.81 bits per heavy atom. The standard InChI is InChI=1S/C21H17N3O2S/c25-18-8-6-16(7-9-18)23-21(26)15-4-10-19(11-5-15)27-14-17-13-24-12-2-1-3-20(24)22-17/h1-13,25H,14H2,(H,23,26). The van der Waals surface area contributed by atoms with Gasteiger partial charge in [-0.3, -0.25) is 4.79 Å². The monoisotopic (exact) mass is 375 g/mol. The minimum absolute atomic E-state index is 0.167. The van der Waals surface area contributed by atoms with Gasteiger partial charge in [-0.15, -0.1) is 11.8 Å². The topological polar surface area (TPSA) is 66.6 Å². The molecule has 0 saturated heterocycles. The van der Waals surface area contributed by atoms with Crippen molar-refractivity contribution < 1.29 is 9.90 Å². The molecule has 2 N–H and O–H groups in total. The number of amides is 1. The first-order valence-electron chi connectivity index (χ1n) is 8.43. The van der Waals surface area contributed by atoms with Gasteiger partial charge >= 0.3 is 0 Å². The molecule has 0 spiro atoms. The van der Waals surface area contributed by atoms with E-state index in [1.54, 1.807) is 23.9 Å². The fourth-order valence-corrected chi connectivity index (χ4v) is 3.45. The van der Waals surface area contributed by atoms with Gasteiger partial charge in [-0.25, -0.2) is 4.98 Å². The number of hydrogen-bond donors (Lipinski definition) is 2. The van der Waals surface area contributed by atoms with Crippen LogP contribution in [0.2, 0.25) is 0 Å². The van der Waals surface area contributed by atoms with Crippen molar-refractivity contribution in [1.29, 1.82) is 0 Å². The average molecular weight is 375 g/mol. The maximum atomic E-state index is 12.3. The highest BCUT2D eigenvalue weighted by Gasteiger charge is 2.07. The third-order valence-corrected chi connectivity index (χ3v) is 5.09. The zero-order valence-electron chi connectivity index (χ0n) is 14.4. The van der Waals surface area contributed by atoms with Crippen molar-refractivity contribution in [3.8, 4) is 5.75 Å². The molecule has 0 aliphatic carbocycles. The normalized spacial score (nSPS) is 10.8. The van der Waals surface area contributed by atoms with Crippen LogP contribution >= 0.6 is 11.8 Å². The largest absolute Gasteiger partial charge is 0.508 e. The lowest BCUT2D eigenvalue weighted by molar-refractivity contribution is 0.102. The van der Waals surface area contributed by atoms with E-state index in [1.165, 1.54) is 12.1 Å².